The molecule has 0 aromatic heterocycles. The van der Waals surface area contributed by atoms with Crippen LogP contribution in [0, 0.1) is 37.5 Å². The fourth-order valence-corrected chi connectivity index (χ4v) is 3.02. The van der Waals surface area contributed by atoms with Gasteiger partial charge in [-0.25, -0.2) is 0 Å². The number of nitriles is 1. The largest absolute Gasteiger partial charge is 0.480 e. The van der Waals surface area contributed by atoms with Crippen LogP contribution in [0.1, 0.15) is 16.7 Å². The zero-order chi connectivity index (χ0) is 20.8. The molecule has 142 valence electrons. The van der Waals surface area contributed by atoms with Crippen molar-refractivity contribution >= 4 is 28.4 Å². The third-order valence-electron chi connectivity index (χ3n) is 4.54. The topological polar surface area (TPSA) is 62.1 Å². The number of carbonyl (C=O) groups is 1. The molecule has 3 aromatic rings. The number of hydrogen-bond donors (Lipinski definition) is 1. The monoisotopic (exact) mass is 380 g/mol. The predicted molar refractivity (Wildman–Crippen MR) is 116 cm³/mol. The van der Waals surface area contributed by atoms with Crippen molar-refractivity contribution in [3.05, 3.63) is 76.9 Å². The molecule has 0 aliphatic heterocycles. The minimum Gasteiger partial charge on any atom is -0.480 e. The second-order valence-electron chi connectivity index (χ2n) is 6.63. The Morgan fingerprint density at radius 1 is 1.17 bits per heavy atom. The average Bonchev–Trinajstić information content (AvgIpc) is 2.73. The van der Waals surface area contributed by atoms with E-state index in [2.05, 4.69) is 11.2 Å². The minimum atomic E-state index is -0.475. The molecule has 1 N–H and O–H groups in total. The number of nitrogens with one attached hydrogen (secondary N) is 1. The highest BCUT2D eigenvalue weighted by molar-refractivity contribution is 6.11. The number of rotatable bonds is 5. The smallest absolute Gasteiger partial charge is 0.266 e. The molecule has 4 nitrogen and oxygen atoms in total. The molecular formula is C25H20N2O2. The second kappa shape index (κ2) is 8.78. The summed E-state index contributed by atoms with van der Waals surface area (Å²) in [6.45, 7) is 3.94. The van der Waals surface area contributed by atoms with Crippen LogP contribution < -0.4 is 10.1 Å². The maximum absolute atomic E-state index is 12.8. The lowest BCUT2D eigenvalue weighted by Gasteiger charge is -2.12. The van der Waals surface area contributed by atoms with Gasteiger partial charge in [0.2, 0.25) is 0 Å². The van der Waals surface area contributed by atoms with Gasteiger partial charge in [0.05, 0.1) is 0 Å². The molecule has 0 saturated carbocycles. The SMILES string of the molecule is C#CCOc1ccc2ccccc2c1/C=C(\C#N)C(=O)Nc1cc(C)ccc1C. The van der Waals surface area contributed by atoms with Crippen LogP contribution in [0.25, 0.3) is 16.8 Å². The van der Waals surface area contributed by atoms with Gasteiger partial charge in [-0.05, 0) is 54.0 Å². The Morgan fingerprint density at radius 2 is 1.97 bits per heavy atom. The summed E-state index contributed by atoms with van der Waals surface area (Å²) in [6.07, 6.45) is 6.87. The zero-order valence-corrected chi connectivity index (χ0v) is 16.3. The van der Waals surface area contributed by atoms with E-state index in [1.807, 2.05) is 68.4 Å². The average molecular weight is 380 g/mol. The van der Waals surface area contributed by atoms with Crippen molar-refractivity contribution in [3.63, 3.8) is 0 Å². The molecule has 4 heteroatoms. The van der Waals surface area contributed by atoms with Gasteiger partial charge >= 0.3 is 0 Å². The van der Waals surface area contributed by atoms with Crippen LogP contribution in [0.5, 0.6) is 5.75 Å². The van der Waals surface area contributed by atoms with Gasteiger partial charge in [0.15, 0.2) is 0 Å². The van der Waals surface area contributed by atoms with Crippen LogP contribution in [0.3, 0.4) is 0 Å². The maximum atomic E-state index is 12.8. The normalized spacial score (nSPS) is 10.8. The summed E-state index contributed by atoms with van der Waals surface area (Å²) in [5, 5.41) is 14.3. The molecule has 0 aliphatic rings. The Kier molecular flexibility index (Phi) is 5.97. The van der Waals surface area contributed by atoms with Gasteiger partial charge in [0, 0.05) is 11.3 Å². The van der Waals surface area contributed by atoms with Crippen LogP contribution >= 0.6 is 0 Å². The standard InChI is InChI=1S/C25H20N2O2/c1-4-13-29-24-12-11-19-7-5-6-8-21(19)22(24)15-20(16-26)25(28)27-23-14-17(2)9-10-18(23)3/h1,5-12,14-15H,13H2,2-3H3,(H,27,28)/b20-15+. The van der Waals surface area contributed by atoms with E-state index in [0.717, 1.165) is 21.9 Å². The van der Waals surface area contributed by atoms with Crippen molar-refractivity contribution in [3.8, 4) is 24.2 Å². The predicted octanol–water partition coefficient (Wildman–Crippen LogP) is 5.01. The molecule has 0 saturated heterocycles. The van der Waals surface area contributed by atoms with Crippen LogP contribution in [0.4, 0.5) is 5.69 Å². The van der Waals surface area contributed by atoms with E-state index in [4.69, 9.17) is 11.2 Å². The Labute approximate surface area is 170 Å². The van der Waals surface area contributed by atoms with Gasteiger partial charge in [0.25, 0.3) is 5.91 Å². The molecule has 3 rings (SSSR count). The minimum absolute atomic E-state index is 0.0205. The van der Waals surface area contributed by atoms with E-state index in [-0.39, 0.29) is 12.2 Å². The van der Waals surface area contributed by atoms with E-state index >= 15 is 0 Å². The molecule has 0 fully saturated rings. The molecule has 29 heavy (non-hydrogen) atoms. The van der Waals surface area contributed by atoms with Crippen LogP contribution in [0.2, 0.25) is 0 Å². The third-order valence-corrected chi connectivity index (χ3v) is 4.54. The number of amides is 1. The lowest BCUT2D eigenvalue weighted by Crippen LogP contribution is -2.14. The fraction of sp³-hybridized carbons (Fsp3) is 0.120. The molecule has 0 atom stereocenters. The Balaban J connectivity index is 2.05. The van der Waals surface area contributed by atoms with E-state index in [1.165, 1.54) is 0 Å². The first-order chi connectivity index (χ1) is 14.0. The summed E-state index contributed by atoms with van der Waals surface area (Å²) in [5.74, 6) is 2.49. The number of terminal acetylenes is 1. The van der Waals surface area contributed by atoms with E-state index in [1.54, 1.807) is 12.1 Å². The maximum Gasteiger partial charge on any atom is 0.266 e. The highest BCUT2D eigenvalue weighted by Gasteiger charge is 2.14. The molecule has 0 bridgehead atoms. The number of benzene rings is 3. The first kappa shape index (κ1) is 19.7. The molecule has 0 radical (unpaired) electrons. The summed E-state index contributed by atoms with van der Waals surface area (Å²) in [4.78, 5) is 12.8. The van der Waals surface area contributed by atoms with Crippen LogP contribution in [-0.4, -0.2) is 12.5 Å². The van der Waals surface area contributed by atoms with Crippen LogP contribution in [-0.2, 0) is 4.79 Å². The Bertz CT molecular complexity index is 1190. The number of anilines is 1. The van der Waals surface area contributed by atoms with Crippen molar-refractivity contribution in [2.45, 2.75) is 13.8 Å². The number of nitrogens with zero attached hydrogens (tertiary/aromatic N) is 1. The molecule has 0 spiro atoms. The van der Waals surface area contributed by atoms with E-state index in [0.29, 0.717) is 17.0 Å². The number of aryl methyl sites for hydroxylation is 2. The van der Waals surface area contributed by atoms with Crippen molar-refractivity contribution in [1.82, 2.24) is 0 Å². The van der Waals surface area contributed by atoms with Crippen LogP contribution in [0.15, 0.2) is 60.2 Å². The summed E-state index contributed by atoms with van der Waals surface area (Å²) in [7, 11) is 0. The van der Waals surface area contributed by atoms with Crippen molar-refractivity contribution in [2.75, 3.05) is 11.9 Å². The number of hydrogen-bond acceptors (Lipinski definition) is 3. The van der Waals surface area contributed by atoms with Gasteiger partial charge < -0.3 is 10.1 Å². The number of carbonyl (C=O) groups excluding carboxylic acids is 1. The summed E-state index contributed by atoms with van der Waals surface area (Å²) >= 11 is 0. The highest BCUT2D eigenvalue weighted by Crippen LogP contribution is 2.30. The second-order valence-corrected chi connectivity index (χ2v) is 6.63. The summed E-state index contributed by atoms with van der Waals surface area (Å²) < 4.78 is 5.65. The van der Waals surface area contributed by atoms with Crippen molar-refractivity contribution in [2.24, 2.45) is 0 Å². The quantitative estimate of drug-likeness (QED) is 0.384. The third kappa shape index (κ3) is 4.46. The molecule has 0 heterocycles. The van der Waals surface area contributed by atoms with E-state index in [9.17, 15) is 10.1 Å². The lowest BCUT2D eigenvalue weighted by atomic mass is 10.0. The molecule has 0 aliphatic carbocycles. The molecule has 1 amide bonds. The zero-order valence-electron chi connectivity index (χ0n) is 16.3. The van der Waals surface area contributed by atoms with Crippen molar-refractivity contribution < 1.29 is 9.53 Å². The van der Waals surface area contributed by atoms with Gasteiger partial charge in [-0.1, -0.05) is 48.4 Å². The summed E-state index contributed by atoms with van der Waals surface area (Å²) in [6, 6.07) is 19.2. The molecular weight excluding hydrogens is 360 g/mol. The first-order valence-electron chi connectivity index (χ1n) is 9.12. The fourth-order valence-electron chi connectivity index (χ4n) is 3.02. The highest BCUT2D eigenvalue weighted by atomic mass is 16.5. The summed E-state index contributed by atoms with van der Waals surface area (Å²) in [5.41, 5.74) is 3.24. The first-order valence-corrected chi connectivity index (χ1v) is 9.12. The molecule has 0 unspecified atom stereocenters. The number of ether oxygens (including phenoxy) is 1. The molecule has 3 aromatic carbocycles. The Morgan fingerprint density at radius 3 is 2.72 bits per heavy atom. The van der Waals surface area contributed by atoms with Gasteiger partial charge in [-0.3, -0.25) is 4.79 Å². The lowest BCUT2D eigenvalue weighted by molar-refractivity contribution is -0.112. The van der Waals surface area contributed by atoms with Gasteiger partial charge in [-0.2, -0.15) is 5.26 Å². The number of fused-ring (bicyclic) bond motifs is 1. The van der Waals surface area contributed by atoms with Crippen molar-refractivity contribution in [1.29, 1.82) is 5.26 Å². The van der Waals surface area contributed by atoms with Gasteiger partial charge in [0.1, 0.15) is 24.0 Å². The van der Waals surface area contributed by atoms with E-state index < -0.39 is 5.91 Å². The Hall–Kier alpha value is -4.02. The van der Waals surface area contributed by atoms with Gasteiger partial charge in [-0.15, -0.1) is 6.42 Å².